The second-order valence-electron chi connectivity index (χ2n) is 8.62. The number of hydrogen-bond donors (Lipinski definition) is 2. The number of anilines is 3. The zero-order chi connectivity index (χ0) is 24.3. The van der Waals surface area contributed by atoms with E-state index < -0.39 is 6.17 Å². The van der Waals surface area contributed by atoms with E-state index in [1.165, 1.54) is 0 Å². The molecule has 180 valence electrons. The molecule has 2 aliphatic heterocycles. The minimum absolute atomic E-state index is 0.275. The molecule has 1 aromatic heterocycles. The molecule has 36 heavy (non-hydrogen) atoms. The monoisotopic (exact) mass is 478 g/mol. The first kappa shape index (κ1) is 22.1. The lowest BCUT2D eigenvalue weighted by Gasteiger charge is -2.29. The van der Waals surface area contributed by atoms with Crippen molar-refractivity contribution >= 4 is 23.1 Å². The maximum absolute atomic E-state index is 6.08. The molecule has 0 aliphatic carbocycles. The number of nitrogens with one attached hydrogen (secondary N) is 2. The summed E-state index contributed by atoms with van der Waals surface area (Å²) in [6.07, 6.45) is -0.518. The van der Waals surface area contributed by atoms with Gasteiger partial charge in [0.15, 0.2) is 6.17 Å². The lowest BCUT2D eigenvalue weighted by Crippen LogP contribution is -2.36. The van der Waals surface area contributed by atoms with Crippen LogP contribution in [0, 0.1) is 0 Å². The standard InChI is InChI=1S/C28H26N6O2/c1-19-26(30-25(20-9-3-2-4-10-20)21-11-5-7-13-23(21)29-19)31-28-33-32-27(36-28)22-12-6-8-14-24(22)34-15-17-35-18-16-34/h2-14,26,29H,1,15-18H2,(H,31,33)/t26-/m0/s1. The molecule has 8 heteroatoms. The highest BCUT2D eigenvalue weighted by Gasteiger charge is 2.24. The molecule has 1 atom stereocenters. The number of ether oxygens (including phenoxy) is 1. The number of para-hydroxylation sites is 2. The van der Waals surface area contributed by atoms with Gasteiger partial charge in [-0.15, -0.1) is 5.10 Å². The van der Waals surface area contributed by atoms with E-state index in [-0.39, 0.29) is 6.01 Å². The Kier molecular flexibility index (Phi) is 5.93. The van der Waals surface area contributed by atoms with Crippen molar-refractivity contribution in [3.63, 3.8) is 0 Å². The third kappa shape index (κ3) is 4.34. The molecule has 0 saturated carbocycles. The molecule has 6 rings (SSSR count). The van der Waals surface area contributed by atoms with Gasteiger partial charge in [-0.2, -0.15) is 0 Å². The van der Waals surface area contributed by atoms with Crippen molar-refractivity contribution in [1.82, 2.24) is 10.2 Å². The molecule has 2 aliphatic rings. The number of fused-ring (bicyclic) bond motifs is 1. The highest BCUT2D eigenvalue weighted by Crippen LogP contribution is 2.32. The van der Waals surface area contributed by atoms with Crippen LogP contribution < -0.4 is 15.5 Å². The number of benzene rings is 3. The van der Waals surface area contributed by atoms with E-state index in [2.05, 4.69) is 44.4 Å². The van der Waals surface area contributed by atoms with Crippen molar-refractivity contribution in [2.45, 2.75) is 6.17 Å². The molecule has 3 aromatic carbocycles. The normalized spacial score (nSPS) is 17.6. The highest BCUT2D eigenvalue weighted by atomic mass is 16.5. The van der Waals surface area contributed by atoms with Crippen molar-refractivity contribution in [2.24, 2.45) is 4.99 Å². The fraction of sp³-hybridized carbons (Fsp3) is 0.179. The topological polar surface area (TPSA) is 87.8 Å². The first-order chi connectivity index (χ1) is 17.8. The molecule has 0 amide bonds. The van der Waals surface area contributed by atoms with Crippen LogP contribution in [0.1, 0.15) is 11.1 Å². The lowest BCUT2D eigenvalue weighted by atomic mass is 10.0. The van der Waals surface area contributed by atoms with Crippen molar-refractivity contribution < 1.29 is 9.15 Å². The van der Waals surface area contributed by atoms with Crippen LogP contribution in [0.15, 0.2) is 101 Å². The van der Waals surface area contributed by atoms with E-state index >= 15 is 0 Å². The minimum Gasteiger partial charge on any atom is -0.403 e. The number of hydrogen-bond acceptors (Lipinski definition) is 8. The van der Waals surface area contributed by atoms with E-state index in [9.17, 15) is 0 Å². The molecule has 2 N–H and O–H groups in total. The summed E-state index contributed by atoms with van der Waals surface area (Å²) in [5.74, 6) is 0.447. The smallest absolute Gasteiger partial charge is 0.317 e. The SMILES string of the molecule is C=C1Nc2ccccc2C(c2ccccc2)=N[C@H]1Nc1nnc(-c2ccccc2N2CCOCC2)o1. The van der Waals surface area contributed by atoms with Gasteiger partial charge in [-0.05, 0) is 18.2 Å². The molecule has 1 saturated heterocycles. The van der Waals surface area contributed by atoms with E-state index in [0.29, 0.717) is 24.8 Å². The summed E-state index contributed by atoms with van der Waals surface area (Å²) < 4.78 is 11.6. The summed E-state index contributed by atoms with van der Waals surface area (Å²) in [7, 11) is 0. The Morgan fingerprint density at radius 3 is 2.42 bits per heavy atom. The van der Waals surface area contributed by atoms with Crippen LogP contribution in [0.2, 0.25) is 0 Å². The first-order valence-corrected chi connectivity index (χ1v) is 12.0. The highest BCUT2D eigenvalue weighted by molar-refractivity contribution is 6.16. The molecule has 0 unspecified atom stereocenters. The number of rotatable bonds is 5. The Morgan fingerprint density at radius 1 is 0.861 bits per heavy atom. The predicted molar refractivity (Wildman–Crippen MR) is 141 cm³/mol. The number of nitrogens with zero attached hydrogens (tertiary/aromatic N) is 4. The molecule has 0 radical (unpaired) electrons. The van der Waals surface area contributed by atoms with Gasteiger partial charge in [0.2, 0.25) is 0 Å². The van der Waals surface area contributed by atoms with Crippen LogP contribution in [-0.2, 0) is 4.74 Å². The van der Waals surface area contributed by atoms with Crippen LogP contribution in [0.3, 0.4) is 0 Å². The van der Waals surface area contributed by atoms with Gasteiger partial charge < -0.3 is 24.7 Å². The summed E-state index contributed by atoms with van der Waals surface area (Å²) in [5, 5.41) is 15.3. The molecule has 0 bridgehead atoms. The van der Waals surface area contributed by atoms with Gasteiger partial charge in [-0.3, -0.25) is 4.99 Å². The minimum atomic E-state index is -0.518. The first-order valence-electron chi connectivity index (χ1n) is 12.0. The Labute approximate surface area is 209 Å². The van der Waals surface area contributed by atoms with Crippen molar-refractivity contribution in [2.75, 3.05) is 41.8 Å². The fourth-order valence-electron chi connectivity index (χ4n) is 4.50. The van der Waals surface area contributed by atoms with Crippen molar-refractivity contribution in [1.29, 1.82) is 0 Å². The average Bonchev–Trinajstić information content (AvgIpc) is 3.35. The van der Waals surface area contributed by atoms with Crippen LogP contribution in [0.25, 0.3) is 11.5 Å². The summed E-state index contributed by atoms with van der Waals surface area (Å²) in [6, 6.07) is 26.5. The van der Waals surface area contributed by atoms with Crippen LogP contribution in [0.5, 0.6) is 0 Å². The van der Waals surface area contributed by atoms with Gasteiger partial charge in [-0.1, -0.05) is 72.3 Å². The fourth-order valence-corrected chi connectivity index (χ4v) is 4.50. The second-order valence-corrected chi connectivity index (χ2v) is 8.62. The van der Waals surface area contributed by atoms with Gasteiger partial charge >= 0.3 is 6.01 Å². The summed E-state index contributed by atoms with van der Waals surface area (Å²) in [5.41, 5.74) is 6.43. The number of aliphatic imine (C=N–C) groups is 1. The molecular formula is C28H26N6O2. The predicted octanol–water partition coefficient (Wildman–Crippen LogP) is 4.79. The molecule has 8 nitrogen and oxygen atoms in total. The number of morpholine rings is 1. The van der Waals surface area contributed by atoms with Crippen molar-refractivity contribution in [3.05, 3.63) is 102 Å². The zero-order valence-corrected chi connectivity index (χ0v) is 19.7. The van der Waals surface area contributed by atoms with Crippen LogP contribution >= 0.6 is 0 Å². The average molecular weight is 479 g/mol. The molecule has 1 fully saturated rings. The zero-order valence-electron chi connectivity index (χ0n) is 19.7. The molecule has 0 spiro atoms. The van der Waals surface area contributed by atoms with Crippen LogP contribution in [0.4, 0.5) is 17.4 Å². The van der Waals surface area contributed by atoms with Gasteiger partial charge in [0, 0.05) is 35.6 Å². The molecule has 4 aromatic rings. The van der Waals surface area contributed by atoms with E-state index in [1.807, 2.05) is 66.7 Å². The lowest BCUT2D eigenvalue weighted by molar-refractivity contribution is 0.122. The van der Waals surface area contributed by atoms with Gasteiger partial charge in [0.1, 0.15) is 0 Å². The van der Waals surface area contributed by atoms with Crippen molar-refractivity contribution in [3.8, 4) is 11.5 Å². The Hall–Kier alpha value is -4.43. The van der Waals surface area contributed by atoms with Crippen LogP contribution in [-0.4, -0.2) is 48.4 Å². The van der Waals surface area contributed by atoms with Gasteiger partial charge in [0.05, 0.1) is 30.2 Å². The summed E-state index contributed by atoms with van der Waals surface area (Å²) in [4.78, 5) is 7.31. The molecule has 3 heterocycles. The van der Waals surface area contributed by atoms with E-state index in [1.54, 1.807) is 0 Å². The van der Waals surface area contributed by atoms with E-state index in [0.717, 1.165) is 46.9 Å². The Balaban J connectivity index is 1.32. The third-order valence-corrected chi connectivity index (χ3v) is 6.28. The Bertz CT molecular complexity index is 1410. The van der Waals surface area contributed by atoms with Gasteiger partial charge in [-0.25, -0.2) is 0 Å². The maximum atomic E-state index is 6.08. The number of aromatic nitrogens is 2. The largest absolute Gasteiger partial charge is 0.403 e. The maximum Gasteiger partial charge on any atom is 0.317 e. The quantitative estimate of drug-likeness (QED) is 0.426. The van der Waals surface area contributed by atoms with Gasteiger partial charge in [0.25, 0.3) is 5.89 Å². The number of benzodiazepines with no additional fused rings is 1. The summed E-state index contributed by atoms with van der Waals surface area (Å²) >= 11 is 0. The summed E-state index contributed by atoms with van der Waals surface area (Å²) in [6.45, 7) is 7.27. The second kappa shape index (κ2) is 9.67. The van der Waals surface area contributed by atoms with E-state index in [4.69, 9.17) is 14.1 Å². The molecular weight excluding hydrogens is 452 g/mol. The Morgan fingerprint density at radius 2 is 1.58 bits per heavy atom. The third-order valence-electron chi connectivity index (χ3n) is 6.28.